The summed E-state index contributed by atoms with van der Waals surface area (Å²) in [4.78, 5) is 0. The van der Waals surface area contributed by atoms with Crippen LogP contribution in [0.3, 0.4) is 0 Å². The van der Waals surface area contributed by atoms with Gasteiger partial charge in [0.2, 0.25) is 0 Å². The Labute approximate surface area is 190 Å². The molecule has 1 atom stereocenters. The van der Waals surface area contributed by atoms with Crippen LogP contribution < -0.4 is 5.30 Å². The fourth-order valence-corrected chi connectivity index (χ4v) is 25.8. The topological polar surface area (TPSA) is 0 Å². The van der Waals surface area contributed by atoms with Gasteiger partial charge in [-0.15, -0.1) is 0 Å². The third kappa shape index (κ3) is 6.51. The molecule has 0 fully saturated rings. The molecule has 0 aliphatic heterocycles. The average Bonchev–Trinajstić information content (AvgIpc) is 2.39. The van der Waals surface area contributed by atoms with E-state index < -0.39 is 22.5 Å². The highest BCUT2D eigenvalue weighted by molar-refractivity contribution is 8.11. The molecule has 0 saturated carbocycles. The lowest BCUT2D eigenvalue weighted by Gasteiger charge is -2.36. The van der Waals surface area contributed by atoms with Gasteiger partial charge in [0.05, 0.1) is 16.1 Å². The summed E-state index contributed by atoms with van der Waals surface area (Å²) in [5, 5.41) is 1.52. The Morgan fingerprint density at radius 3 is 1.17 bits per heavy atom. The van der Waals surface area contributed by atoms with E-state index in [2.05, 4.69) is 114 Å². The van der Waals surface area contributed by atoms with Crippen LogP contribution in [0, 0.1) is 0 Å². The Kier molecular flexibility index (Phi) is 7.65. The van der Waals surface area contributed by atoms with E-state index in [1.807, 2.05) is 0 Å². The molecule has 1 unspecified atom stereocenters. The second-order valence-corrected chi connectivity index (χ2v) is 27.7. The van der Waals surface area contributed by atoms with Crippen LogP contribution in [0.2, 0.25) is 39.3 Å². The van der Waals surface area contributed by atoms with Crippen molar-refractivity contribution in [3.63, 3.8) is 0 Å². The van der Waals surface area contributed by atoms with E-state index in [0.717, 1.165) is 0 Å². The normalized spacial score (nSPS) is 14.8. The van der Waals surface area contributed by atoms with Gasteiger partial charge in [-0.05, 0) is 39.3 Å². The van der Waals surface area contributed by atoms with E-state index >= 15 is 0 Å². The van der Waals surface area contributed by atoms with Crippen molar-refractivity contribution in [2.75, 3.05) is 0 Å². The molecule has 29 heavy (non-hydrogen) atoms. The molecule has 0 saturated heterocycles. The van der Waals surface area contributed by atoms with Crippen LogP contribution >= 0.6 is 6.32 Å². The van der Waals surface area contributed by atoms with E-state index in [1.165, 1.54) is 22.0 Å². The third-order valence-electron chi connectivity index (χ3n) is 5.42. The van der Waals surface area contributed by atoms with Crippen LogP contribution in [0.4, 0.5) is 0 Å². The van der Waals surface area contributed by atoms with Crippen LogP contribution in [0.25, 0.3) is 0 Å². The maximum absolute atomic E-state index is 6.57. The highest BCUT2D eigenvalue weighted by Crippen LogP contribution is 2.38. The second kappa shape index (κ2) is 8.19. The smallest absolute Gasteiger partial charge is 0.0659 e. The fourth-order valence-electron chi connectivity index (χ4n) is 4.28. The van der Waals surface area contributed by atoms with E-state index in [0.29, 0.717) is 0 Å². The van der Waals surface area contributed by atoms with Gasteiger partial charge < -0.3 is 0 Å². The summed E-state index contributed by atoms with van der Waals surface area (Å²) in [6.45, 7) is 36.3. The second-order valence-electron chi connectivity index (χ2n) is 13.8. The molecule has 0 nitrogen and oxygen atoms in total. The molecule has 0 aliphatic rings. The van der Waals surface area contributed by atoms with Crippen LogP contribution in [-0.2, 0) is 28.1 Å². The third-order valence-corrected chi connectivity index (χ3v) is 21.5. The van der Waals surface area contributed by atoms with E-state index in [9.17, 15) is 0 Å². The molecular weight excluding hydrogens is 419 g/mol. The molecule has 1 aromatic rings. The molecule has 1 aromatic carbocycles. The molecule has 0 amide bonds. The van der Waals surface area contributed by atoms with Gasteiger partial charge in [0.25, 0.3) is 0 Å². The molecule has 0 aromatic heterocycles. The summed E-state index contributed by atoms with van der Waals surface area (Å²) in [5.74, 6) is 0. The molecule has 0 bridgehead atoms. The zero-order valence-electron chi connectivity index (χ0n) is 22.0. The Hall–Kier alpha value is 0.0438. The molecule has 0 heterocycles. The predicted molar refractivity (Wildman–Crippen MR) is 148 cm³/mol. The quantitative estimate of drug-likeness (QED) is 0.320. The summed E-state index contributed by atoms with van der Waals surface area (Å²) in [7, 11) is -2.96. The van der Waals surface area contributed by atoms with E-state index in [4.69, 9.17) is 11.8 Å². The zero-order chi connectivity index (χ0) is 23.4. The van der Waals surface area contributed by atoms with Gasteiger partial charge in [0.15, 0.2) is 0 Å². The van der Waals surface area contributed by atoms with Crippen molar-refractivity contribution in [3.05, 3.63) is 28.8 Å². The number of hydrogen-bond acceptors (Lipinski definition) is 1. The molecule has 0 radical (unpaired) electrons. The number of benzene rings is 1. The average molecular weight is 467 g/mol. The standard InChI is InChI=1S/C25H47PSSi2/c1-23(2,3)18-16-19(24(4,5)6)21(20(17-18)25(7,8)9)26(27)22(28(10,11)12)29(13,14)15/h16-17H,1-15H3. The molecule has 1 rings (SSSR count). The SMILES string of the molecule is CC(C)(C)c1cc(C(C)(C)C)c(P(=S)=C([Si](C)(C)C)[Si](C)(C)C)c(C(C)(C)C)c1. The van der Waals surface area contributed by atoms with Crippen molar-refractivity contribution in [3.8, 4) is 0 Å². The Bertz CT molecular complexity index is 788. The lowest BCUT2D eigenvalue weighted by atomic mass is 9.75. The molecule has 0 spiro atoms. The molecule has 0 N–H and O–H groups in total. The summed E-state index contributed by atoms with van der Waals surface area (Å²) in [5.41, 5.74) is 4.72. The largest absolute Gasteiger partial charge is 0.0741 e. The first-order valence-electron chi connectivity index (χ1n) is 11.0. The van der Waals surface area contributed by atoms with Gasteiger partial charge in [-0.1, -0.05) is 130 Å². The van der Waals surface area contributed by atoms with Crippen LogP contribution in [0.15, 0.2) is 12.1 Å². The van der Waals surface area contributed by atoms with Gasteiger partial charge in [0.1, 0.15) is 0 Å². The van der Waals surface area contributed by atoms with Crippen molar-refractivity contribution < 1.29 is 0 Å². The van der Waals surface area contributed by atoms with Crippen molar-refractivity contribution in [2.45, 2.75) is 118 Å². The molecule has 0 aliphatic carbocycles. The predicted octanol–water partition coefficient (Wildman–Crippen LogP) is 8.08. The van der Waals surface area contributed by atoms with Crippen molar-refractivity contribution in [2.24, 2.45) is 0 Å². The van der Waals surface area contributed by atoms with Crippen molar-refractivity contribution >= 4 is 44.1 Å². The van der Waals surface area contributed by atoms with Crippen LogP contribution in [-0.4, -0.2) is 20.7 Å². The highest BCUT2D eigenvalue weighted by Gasteiger charge is 2.36. The van der Waals surface area contributed by atoms with Gasteiger partial charge in [-0.2, -0.15) is 0 Å². The Morgan fingerprint density at radius 1 is 0.655 bits per heavy atom. The summed E-state index contributed by atoms with van der Waals surface area (Å²) >= 11 is 6.57. The van der Waals surface area contributed by atoms with E-state index in [1.54, 1.807) is 4.54 Å². The molecular formula is C25H47PSSi2. The number of rotatable bonds is 3. The zero-order valence-corrected chi connectivity index (χ0v) is 25.7. The maximum atomic E-state index is 6.57. The lowest BCUT2D eigenvalue weighted by Crippen LogP contribution is -2.49. The number of hydrogen-bond donors (Lipinski definition) is 0. The first-order valence-corrected chi connectivity index (χ1v) is 20.4. The van der Waals surface area contributed by atoms with Gasteiger partial charge in [0, 0.05) is 5.30 Å². The minimum Gasteiger partial charge on any atom is -0.0659 e. The van der Waals surface area contributed by atoms with Gasteiger partial charge in [-0.3, -0.25) is 0 Å². The monoisotopic (exact) mass is 466 g/mol. The van der Waals surface area contributed by atoms with Crippen LogP contribution in [0.5, 0.6) is 0 Å². The Balaban J connectivity index is 4.34. The lowest BCUT2D eigenvalue weighted by molar-refractivity contribution is 0.554. The Morgan fingerprint density at radius 2 is 0.966 bits per heavy atom. The maximum Gasteiger partial charge on any atom is 0.0741 e. The molecule has 4 heteroatoms. The summed E-state index contributed by atoms with van der Waals surface area (Å²) in [6.07, 6.45) is -0.710. The highest BCUT2D eigenvalue weighted by atomic mass is 32.4. The van der Waals surface area contributed by atoms with Crippen molar-refractivity contribution in [1.29, 1.82) is 0 Å². The first kappa shape index (κ1) is 27.1. The minimum atomic E-state index is -1.48. The van der Waals surface area contributed by atoms with Gasteiger partial charge in [-0.25, -0.2) is 0 Å². The van der Waals surface area contributed by atoms with Crippen molar-refractivity contribution in [1.82, 2.24) is 0 Å². The fraction of sp³-hybridized carbons (Fsp3) is 0.720. The summed E-state index contributed by atoms with van der Waals surface area (Å²) in [6, 6.07) is 5.00. The summed E-state index contributed by atoms with van der Waals surface area (Å²) < 4.78 is 1.80. The first-order chi connectivity index (χ1) is 12.5. The molecule has 166 valence electrons. The van der Waals surface area contributed by atoms with Crippen LogP contribution in [0.1, 0.15) is 79.0 Å². The minimum absolute atomic E-state index is 0.0833. The van der Waals surface area contributed by atoms with Gasteiger partial charge >= 0.3 is 0 Å². The van der Waals surface area contributed by atoms with E-state index in [-0.39, 0.29) is 16.2 Å².